The van der Waals surface area contributed by atoms with Gasteiger partial charge in [-0.25, -0.2) is 0 Å². The van der Waals surface area contributed by atoms with Gasteiger partial charge in [0.15, 0.2) is 0 Å². The molecule has 0 aliphatic carbocycles. The molecule has 0 bridgehead atoms. The predicted octanol–water partition coefficient (Wildman–Crippen LogP) is 2.54. The van der Waals surface area contributed by atoms with E-state index in [1.807, 2.05) is 30.3 Å². The second kappa shape index (κ2) is 6.73. The molecule has 116 valence electrons. The van der Waals surface area contributed by atoms with Gasteiger partial charge >= 0.3 is 5.97 Å². The highest BCUT2D eigenvalue weighted by Gasteiger charge is 2.50. The monoisotopic (exact) mass is 312 g/mol. The molecule has 2 N–H and O–H groups in total. The molecule has 4 unspecified atom stereocenters. The minimum Gasteiger partial charge on any atom is -0.481 e. The molecule has 1 saturated heterocycles. The van der Waals surface area contributed by atoms with Gasteiger partial charge in [-0.05, 0) is 24.8 Å². The lowest BCUT2D eigenvalue weighted by Crippen LogP contribution is -2.36. The van der Waals surface area contributed by atoms with Crippen LogP contribution in [0.3, 0.4) is 0 Å². The zero-order chi connectivity index (χ0) is 15.5. The minimum absolute atomic E-state index is 0.0775. The lowest BCUT2D eigenvalue weighted by Gasteiger charge is -2.33. The number of ether oxygens (including phenoxy) is 1. The number of carbonyl (C=O) groups is 1. The van der Waals surface area contributed by atoms with E-state index in [9.17, 15) is 14.3 Å². The first kappa shape index (κ1) is 16.2. The summed E-state index contributed by atoms with van der Waals surface area (Å²) in [5, 5.41) is 7.88. The van der Waals surface area contributed by atoms with Crippen LogP contribution in [0.25, 0.3) is 0 Å². The normalized spacial score (nSPS) is 28.2. The molecule has 5 nitrogen and oxygen atoms in total. The van der Waals surface area contributed by atoms with Crippen molar-refractivity contribution in [3.05, 3.63) is 35.9 Å². The third kappa shape index (κ3) is 3.54. The number of carboxylic acids is 1. The molecule has 1 aromatic rings. The highest BCUT2D eigenvalue weighted by Crippen LogP contribution is 2.52. The Bertz CT molecular complexity index is 518. The fraction of sp³-hybridized carbons (Fsp3) is 0.533. The van der Waals surface area contributed by atoms with E-state index < -0.39 is 25.3 Å². The number of aliphatic carboxylic acids is 1. The molecule has 21 heavy (non-hydrogen) atoms. The molecule has 1 aliphatic heterocycles. The smallest absolute Gasteiger partial charge is 0.306 e. The molecule has 0 amide bonds. The first-order valence-corrected chi connectivity index (χ1v) is 8.45. The van der Waals surface area contributed by atoms with Gasteiger partial charge in [0, 0.05) is 12.5 Å². The van der Waals surface area contributed by atoms with E-state index >= 15 is 0 Å². The molecule has 1 heterocycles. The quantitative estimate of drug-likeness (QED) is 0.789. The lowest BCUT2D eigenvalue weighted by molar-refractivity contribution is -0.142. The molecule has 1 fully saturated rings. The topological polar surface area (TPSA) is 83.8 Å². The molecule has 0 saturated carbocycles. The van der Waals surface area contributed by atoms with Crippen LogP contribution in [0.4, 0.5) is 0 Å². The third-order valence-corrected chi connectivity index (χ3v) is 5.68. The summed E-state index contributed by atoms with van der Waals surface area (Å²) >= 11 is 0. The molecule has 1 aliphatic rings. The van der Waals surface area contributed by atoms with Crippen LogP contribution in [0.15, 0.2) is 30.3 Å². The Morgan fingerprint density at radius 2 is 2.14 bits per heavy atom. The predicted molar refractivity (Wildman–Crippen MR) is 79.6 cm³/mol. The van der Waals surface area contributed by atoms with E-state index in [1.54, 1.807) is 6.92 Å². The van der Waals surface area contributed by atoms with Gasteiger partial charge < -0.3 is 14.7 Å². The van der Waals surface area contributed by atoms with Gasteiger partial charge in [0.1, 0.15) is 5.34 Å². The van der Waals surface area contributed by atoms with E-state index in [4.69, 9.17) is 9.84 Å². The van der Waals surface area contributed by atoms with E-state index in [-0.39, 0.29) is 12.3 Å². The van der Waals surface area contributed by atoms with Crippen LogP contribution in [-0.4, -0.2) is 27.9 Å². The van der Waals surface area contributed by atoms with Gasteiger partial charge in [-0.2, -0.15) is 0 Å². The van der Waals surface area contributed by atoms with Gasteiger partial charge in [-0.3, -0.25) is 9.36 Å². The molecule has 0 aromatic heterocycles. The van der Waals surface area contributed by atoms with Crippen molar-refractivity contribution >= 4 is 14.0 Å². The summed E-state index contributed by atoms with van der Waals surface area (Å²) in [4.78, 5) is 20.9. The van der Waals surface area contributed by atoms with Crippen molar-refractivity contribution in [3.63, 3.8) is 0 Å². The molecule has 6 heteroatoms. The van der Waals surface area contributed by atoms with Gasteiger partial charge in [0.25, 0.3) is 0 Å². The van der Waals surface area contributed by atoms with E-state index in [1.165, 1.54) is 0 Å². The van der Waals surface area contributed by atoms with Crippen LogP contribution in [0, 0.1) is 11.8 Å². The summed E-state index contributed by atoms with van der Waals surface area (Å²) < 4.78 is 17.6. The van der Waals surface area contributed by atoms with Crippen molar-refractivity contribution in [1.29, 1.82) is 0 Å². The summed E-state index contributed by atoms with van der Waals surface area (Å²) in [6.07, 6.45) is 1.39. The van der Waals surface area contributed by atoms with Crippen LogP contribution >= 0.6 is 8.03 Å². The molecule has 2 rings (SSSR count). The number of carboxylic acid groups (broad SMARTS) is 1. The standard InChI is InChI=1S/C15H21O5P/c1-11(14(16)17)10-15(21(18)19)13(7-8-20-15)9-12-5-3-2-4-6-12/h2-6,11,13,21H,7-10H2,1H3,(H,16,17)(H,18,19). The summed E-state index contributed by atoms with van der Waals surface area (Å²) in [6.45, 7) is 1.96. The molecule has 1 aromatic carbocycles. The Kier molecular flexibility index (Phi) is 5.20. The Balaban J connectivity index is 2.22. The van der Waals surface area contributed by atoms with Crippen molar-refractivity contribution in [2.24, 2.45) is 11.8 Å². The number of rotatable bonds is 6. The average Bonchev–Trinajstić information content (AvgIpc) is 2.84. The number of hydrogen-bond acceptors (Lipinski definition) is 3. The number of hydrogen-bond donors (Lipinski definition) is 2. The first-order chi connectivity index (χ1) is 9.95. The number of benzene rings is 1. The molecular weight excluding hydrogens is 291 g/mol. The Morgan fingerprint density at radius 1 is 1.48 bits per heavy atom. The Labute approximate surface area is 124 Å². The average molecular weight is 312 g/mol. The Hall–Kier alpha value is -1.16. The van der Waals surface area contributed by atoms with Crippen LogP contribution < -0.4 is 0 Å². The molecular formula is C15H21O5P. The lowest BCUT2D eigenvalue weighted by atomic mass is 9.88. The van der Waals surface area contributed by atoms with E-state index in [0.29, 0.717) is 19.4 Å². The van der Waals surface area contributed by atoms with Gasteiger partial charge in [-0.1, -0.05) is 37.3 Å². The minimum atomic E-state index is -3.00. The van der Waals surface area contributed by atoms with Crippen LogP contribution in [0.1, 0.15) is 25.3 Å². The van der Waals surface area contributed by atoms with Crippen molar-refractivity contribution in [2.45, 2.75) is 31.5 Å². The molecule has 0 radical (unpaired) electrons. The zero-order valence-electron chi connectivity index (χ0n) is 12.0. The maximum Gasteiger partial charge on any atom is 0.306 e. The second-order valence-electron chi connectivity index (χ2n) is 5.66. The van der Waals surface area contributed by atoms with E-state index in [2.05, 4.69) is 0 Å². The van der Waals surface area contributed by atoms with Crippen LogP contribution in [-0.2, 0) is 20.5 Å². The fourth-order valence-electron chi connectivity index (χ4n) is 2.99. The largest absolute Gasteiger partial charge is 0.481 e. The van der Waals surface area contributed by atoms with E-state index in [0.717, 1.165) is 5.56 Å². The third-order valence-electron chi connectivity index (χ3n) is 4.20. The van der Waals surface area contributed by atoms with Crippen molar-refractivity contribution in [2.75, 3.05) is 6.61 Å². The van der Waals surface area contributed by atoms with Crippen molar-refractivity contribution < 1.29 is 24.1 Å². The maximum absolute atomic E-state index is 11.9. The summed E-state index contributed by atoms with van der Waals surface area (Å²) in [6, 6.07) is 9.71. The molecule has 4 atom stereocenters. The van der Waals surface area contributed by atoms with Crippen LogP contribution in [0.2, 0.25) is 0 Å². The summed E-state index contributed by atoms with van der Waals surface area (Å²) in [5.74, 6) is -1.80. The van der Waals surface area contributed by atoms with Crippen LogP contribution in [0.5, 0.6) is 0 Å². The van der Waals surface area contributed by atoms with Crippen molar-refractivity contribution in [1.82, 2.24) is 0 Å². The summed E-state index contributed by atoms with van der Waals surface area (Å²) in [5.41, 5.74) is 1.07. The fourth-order valence-corrected chi connectivity index (χ4v) is 4.29. The van der Waals surface area contributed by atoms with Gasteiger partial charge in [0.05, 0.1) is 5.92 Å². The highest BCUT2D eigenvalue weighted by molar-refractivity contribution is 7.39. The second-order valence-corrected chi connectivity index (χ2v) is 7.12. The Morgan fingerprint density at radius 3 is 2.71 bits per heavy atom. The maximum atomic E-state index is 11.9. The SMILES string of the molecule is CC(CC1([PH](=O)O)OCCC1Cc1ccccc1)C(=O)O. The zero-order valence-corrected chi connectivity index (χ0v) is 13.0. The van der Waals surface area contributed by atoms with Gasteiger partial charge in [-0.15, -0.1) is 0 Å². The van der Waals surface area contributed by atoms with Gasteiger partial charge in [0.2, 0.25) is 8.03 Å². The first-order valence-electron chi connectivity index (χ1n) is 7.10. The summed E-state index contributed by atoms with van der Waals surface area (Å²) in [7, 11) is -3.00. The van der Waals surface area contributed by atoms with Crippen molar-refractivity contribution in [3.8, 4) is 0 Å². The highest BCUT2D eigenvalue weighted by atomic mass is 31.1. The molecule has 0 spiro atoms.